The van der Waals surface area contributed by atoms with Gasteiger partial charge in [-0.3, -0.25) is 0 Å². The van der Waals surface area contributed by atoms with E-state index in [1.54, 1.807) is 0 Å². The van der Waals surface area contributed by atoms with Crippen LogP contribution in [0.4, 0.5) is 0 Å². The molecular formula is C9H12O3. The highest BCUT2D eigenvalue weighted by molar-refractivity contribution is 5.20. The van der Waals surface area contributed by atoms with E-state index in [9.17, 15) is 0 Å². The molecule has 0 aliphatic heterocycles. The van der Waals surface area contributed by atoms with Crippen molar-refractivity contribution in [1.82, 2.24) is 0 Å². The third kappa shape index (κ3) is 4.46. The summed E-state index contributed by atoms with van der Waals surface area (Å²) in [6.07, 6.45) is 0. The minimum absolute atomic E-state index is 0.0644. The zero-order chi connectivity index (χ0) is 9.23. The van der Waals surface area contributed by atoms with Crippen LogP contribution in [0.15, 0.2) is 30.3 Å². The van der Waals surface area contributed by atoms with Gasteiger partial charge in [0.25, 0.3) is 0 Å². The molecule has 0 unspecified atom stereocenters. The number of hydrogen-bond acceptors (Lipinski definition) is 3. The molecule has 12 heavy (non-hydrogen) atoms. The first-order valence-electron chi connectivity index (χ1n) is 3.51. The van der Waals surface area contributed by atoms with Gasteiger partial charge < -0.3 is 14.6 Å². The maximum Gasteiger partial charge on any atom is 0.119 e. The summed E-state index contributed by atoms with van der Waals surface area (Å²) in [7, 11) is 0. The Bertz CT molecular complexity index is 186. The van der Waals surface area contributed by atoms with Crippen LogP contribution in [-0.4, -0.2) is 25.1 Å². The summed E-state index contributed by atoms with van der Waals surface area (Å²) in [5.74, 6) is 0.802. The van der Waals surface area contributed by atoms with Gasteiger partial charge in [0.05, 0.1) is 6.61 Å². The van der Waals surface area contributed by atoms with Crippen molar-refractivity contribution in [1.29, 1.82) is 0 Å². The molecule has 0 atom stereocenters. The van der Waals surface area contributed by atoms with Crippen molar-refractivity contribution in [3.8, 4) is 5.75 Å². The first-order valence-corrected chi connectivity index (χ1v) is 3.51. The molecule has 1 rings (SSSR count). The molecule has 66 valence electrons. The van der Waals surface area contributed by atoms with E-state index in [0.29, 0.717) is 6.61 Å². The van der Waals surface area contributed by atoms with Gasteiger partial charge in [-0.25, -0.2) is 0 Å². The molecule has 0 radical (unpaired) electrons. The van der Waals surface area contributed by atoms with E-state index in [1.807, 2.05) is 37.1 Å². The van der Waals surface area contributed by atoms with Gasteiger partial charge in [-0.05, 0) is 12.1 Å². The van der Waals surface area contributed by atoms with E-state index < -0.39 is 0 Å². The number of ether oxygens (including phenoxy) is 1. The summed E-state index contributed by atoms with van der Waals surface area (Å²) in [4.78, 5) is 8.00. The average molecular weight is 168 g/mol. The summed E-state index contributed by atoms with van der Waals surface area (Å²) >= 11 is 0. The molecule has 0 aliphatic rings. The lowest BCUT2D eigenvalue weighted by Gasteiger charge is -2.01. The van der Waals surface area contributed by atoms with Gasteiger partial charge in [0, 0.05) is 0 Å². The Balaban J connectivity index is 0.000000561. The molecule has 0 heterocycles. The largest absolute Gasteiger partial charge is 0.491 e. The molecule has 0 fully saturated rings. The molecule has 3 heteroatoms. The SMILES string of the molecule is C=O.OCCOc1ccccc1. The van der Waals surface area contributed by atoms with Gasteiger partial charge >= 0.3 is 0 Å². The summed E-state index contributed by atoms with van der Waals surface area (Å²) in [6, 6.07) is 9.43. The number of rotatable bonds is 3. The molecule has 0 saturated heterocycles. The van der Waals surface area contributed by atoms with Crippen molar-refractivity contribution < 1.29 is 14.6 Å². The third-order valence-corrected chi connectivity index (χ3v) is 1.10. The van der Waals surface area contributed by atoms with E-state index >= 15 is 0 Å². The number of aliphatic hydroxyl groups excluding tert-OH is 1. The predicted octanol–water partition coefficient (Wildman–Crippen LogP) is 0.873. The number of hydrogen-bond donors (Lipinski definition) is 1. The van der Waals surface area contributed by atoms with Crippen LogP contribution in [0, 0.1) is 0 Å². The number of carbonyl (C=O) groups excluding carboxylic acids is 1. The second-order valence-corrected chi connectivity index (χ2v) is 1.89. The Hall–Kier alpha value is -1.35. The van der Waals surface area contributed by atoms with Crippen LogP contribution in [0.2, 0.25) is 0 Å². The van der Waals surface area contributed by atoms with E-state index in [4.69, 9.17) is 14.6 Å². The molecule has 0 bridgehead atoms. The fourth-order valence-corrected chi connectivity index (χ4v) is 0.680. The van der Waals surface area contributed by atoms with Crippen LogP contribution in [0.3, 0.4) is 0 Å². The Morgan fingerprint density at radius 3 is 2.33 bits per heavy atom. The first kappa shape index (κ1) is 10.7. The van der Waals surface area contributed by atoms with E-state index in [2.05, 4.69) is 0 Å². The highest BCUT2D eigenvalue weighted by Gasteiger charge is 1.86. The van der Waals surface area contributed by atoms with Crippen molar-refractivity contribution in [3.05, 3.63) is 30.3 Å². The maximum atomic E-state index is 8.40. The zero-order valence-corrected chi connectivity index (χ0v) is 6.77. The second-order valence-electron chi connectivity index (χ2n) is 1.89. The van der Waals surface area contributed by atoms with Crippen LogP contribution in [0.5, 0.6) is 5.75 Å². The fourth-order valence-electron chi connectivity index (χ4n) is 0.680. The van der Waals surface area contributed by atoms with E-state index in [-0.39, 0.29) is 6.61 Å². The summed E-state index contributed by atoms with van der Waals surface area (Å²) in [5, 5.41) is 8.40. The second kappa shape index (κ2) is 7.75. The van der Waals surface area contributed by atoms with Crippen LogP contribution in [-0.2, 0) is 4.79 Å². The lowest BCUT2D eigenvalue weighted by atomic mass is 10.3. The van der Waals surface area contributed by atoms with Crippen LogP contribution < -0.4 is 4.74 Å². The van der Waals surface area contributed by atoms with Crippen molar-refractivity contribution in [2.24, 2.45) is 0 Å². The molecule has 0 aliphatic carbocycles. The minimum atomic E-state index is 0.0644. The average Bonchev–Trinajstić information content (AvgIpc) is 2.19. The Labute approximate surface area is 71.6 Å². The molecule has 1 aromatic carbocycles. The topological polar surface area (TPSA) is 46.5 Å². The maximum absolute atomic E-state index is 8.40. The quantitative estimate of drug-likeness (QED) is 0.728. The van der Waals surface area contributed by atoms with E-state index in [1.165, 1.54) is 0 Å². The monoisotopic (exact) mass is 168 g/mol. The number of benzene rings is 1. The highest BCUT2D eigenvalue weighted by atomic mass is 16.5. The molecule has 1 aromatic rings. The molecule has 0 spiro atoms. The Morgan fingerprint density at radius 2 is 1.83 bits per heavy atom. The molecular weight excluding hydrogens is 156 g/mol. The number of para-hydroxylation sites is 1. The first-order chi connectivity index (χ1) is 5.93. The lowest BCUT2D eigenvalue weighted by Crippen LogP contribution is -2.00. The van der Waals surface area contributed by atoms with Gasteiger partial charge in [-0.2, -0.15) is 0 Å². The van der Waals surface area contributed by atoms with Crippen molar-refractivity contribution in [2.75, 3.05) is 13.2 Å². The third-order valence-electron chi connectivity index (χ3n) is 1.10. The Morgan fingerprint density at radius 1 is 1.25 bits per heavy atom. The Kier molecular flexibility index (Phi) is 6.88. The van der Waals surface area contributed by atoms with Crippen LogP contribution in [0.1, 0.15) is 0 Å². The number of aliphatic hydroxyl groups is 1. The predicted molar refractivity (Wildman–Crippen MR) is 46.1 cm³/mol. The van der Waals surface area contributed by atoms with Gasteiger partial charge in [-0.15, -0.1) is 0 Å². The number of carbonyl (C=O) groups is 1. The summed E-state index contributed by atoms with van der Waals surface area (Å²) in [5.41, 5.74) is 0. The van der Waals surface area contributed by atoms with Crippen molar-refractivity contribution in [3.63, 3.8) is 0 Å². The molecule has 3 nitrogen and oxygen atoms in total. The van der Waals surface area contributed by atoms with Gasteiger partial charge in [0.2, 0.25) is 0 Å². The normalized spacial score (nSPS) is 8.08. The van der Waals surface area contributed by atoms with Crippen molar-refractivity contribution in [2.45, 2.75) is 0 Å². The van der Waals surface area contributed by atoms with Gasteiger partial charge in [0.15, 0.2) is 0 Å². The van der Waals surface area contributed by atoms with Gasteiger partial charge in [0.1, 0.15) is 19.1 Å². The molecule has 1 N–H and O–H groups in total. The van der Waals surface area contributed by atoms with E-state index in [0.717, 1.165) is 5.75 Å². The van der Waals surface area contributed by atoms with Crippen molar-refractivity contribution >= 4 is 6.79 Å². The summed E-state index contributed by atoms with van der Waals surface area (Å²) < 4.78 is 5.11. The van der Waals surface area contributed by atoms with Gasteiger partial charge in [-0.1, -0.05) is 18.2 Å². The van der Waals surface area contributed by atoms with Crippen LogP contribution >= 0.6 is 0 Å². The summed E-state index contributed by atoms with van der Waals surface area (Å²) in [6.45, 7) is 2.43. The zero-order valence-electron chi connectivity index (χ0n) is 6.77. The minimum Gasteiger partial charge on any atom is -0.491 e. The standard InChI is InChI=1S/C8H10O2.CH2O/c9-6-7-10-8-4-2-1-3-5-8;1-2/h1-5,9H,6-7H2;1H2. The molecule has 0 aromatic heterocycles. The molecule has 0 saturated carbocycles. The highest BCUT2D eigenvalue weighted by Crippen LogP contribution is 2.06. The lowest BCUT2D eigenvalue weighted by molar-refractivity contribution is -0.0979. The molecule has 0 amide bonds. The fraction of sp³-hybridized carbons (Fsp3) is 0.222. The van der Waals surface area contributed by atoms with Crippen LogP contribution in [0.25, 0.3) is 0 Å². The smallest absolute Gasteiger partial charge is 0.119 e.